The van der Waals surface area contributed by atoms with Crippen molar-refractivity contribution in [3.05, 3.63) is 30.9 Å². The third-order valence-electron chi connectivity index (χ3n) is 2.57. The number of carboxylic acids is 2. The second kappa shape index (κ2) is 7.21. The SMILES string of the molecule is O=C(O)C[n+]1ccc(-c2nn3cnnc3s2)cc1.O=C([O-])C(F)(F)F. The quantitative estimate of drug-likeness (QED) is 0.613. The van der Waals surface area contributed by atoms with E-state index in [1.807, 2.05) is 12.1 Å². The van der Waals surface area contributed by atoms with Crippen molar-refractivity contribution in [2.45, 2.75) is 12.7 Å². The Morgan fingerprint density at radius 3 is 2.40 bits per heavy atom. The van der Waals surface area contributed by atoms with Crippen LogP contribution in [0.2, 0.25) is 0 Å². The van der Waals surface area contributed by atoms with Gasteiger partial charge in [0, 0.05) is 17.7 Å². The number of carboxylic acid groups (broad SMARTS) is 2. The molecule has 0 bridgehead atoms. The molecule has 0 unspecified atom stereocenters. The lowest BCUT2D eigenvalue weighted by Crippen LogP contribution is -2.37. The van der Waals surface area contributed by atoms with Crippen molar-refractivity contribution in [1.82, 2.24) is 19.8 Å². The van der Waals surface area contributed by atoms with Gasteiger partial charge in [0.1, 0.15) is 17.3 Å². The molecule has 0 spiro atoms. The summed E-state index contributed by atoms with van der Waals surface area (Å²) in [7, 11) is 0. The summed E-state index contributed by atoms with van der Waals surface area (Å²) in [6.45, 7) is -0.0502. The Morgan fingerprint density at radius 1 is 1.32 bits per heavy atom. The zero-order valence-electron chi connectivity index (χ0n) is 12.0. The molecular formula is C12H8F3N5O4S. The fourth-order valence-electron chi connectivity index (χ4n) is 1.54. The van der Waals surface area contributed by atoms with Gasteiger partial charge in [-0.05, 0) is 0 Å². The molecule has 0 saturated heterocycles. The molecule has 0 aliphatic carbocycles. The highest BCUT2D eigenvalue weighted by Gasteiger charge is 2.28. The maximum absolute atomic E-state index is 10.6. The molecule has 0 saturated carbocycles. The van der Waals surface area contributed by atoms with Crippen LogP contribution in [-0.2, 0) is 16.1 Å². The average molecular weight is 375 g/mol. The van der Waals surface area contributed by atoms with E-state index in [0.717, 1.165) is 15.5 Å². The Labute approximate surface area is 140 Å². The zero-order valence-corrected chi connectivity index (χ0v) is 12.9. The van der Waals surface area contributed by atoms with Gasteiger partial charge < -0.3 is 15.0 Å². The van der Waals surface area contributed by atoms with Gasteiger partial charge >= 0.3 is 12.1 Å². The number of hydrogen-bond acceptors (Lipinski definition) is 7. The second-order valence-electron chi connectivity index (χ2n) is 4.40. The molecule has 3 heterocycles. The molecule has 132 valence electrons. The molecule has 0 aliphatic heterocycles. The molecule has 0 atom stereocenters. The highest BCUT2D eigenvalue weighted by atomic mass is 32.1. The summed E-state index contributed by atoms with van der Waals surface area (Å²) in [5.41, 5.74) is 0.923. The van der Waals surface area contributed by atoms with Gasteiger partial charge in [-0.15, -0.1) is 10.2 Å². The molecule has 1 N–H and O–H groups in total. The average Bonchev–Trinajstić information content (AvgIpc) is 3.08. The van der Waals surface area contributed by atoms with E-state index in [1.165, 1.54) is 11.3 Å². The van der Waals surface area contributed by atoms with Gasteiger partial charge in [-0.1, -0.05) is 11.3 Å². The number of halogens is 3. The number of nitrogens with zero attached hydrogens (tertiary/aromatic N) is 5. The lowest BCUT2D eigenvalue weighted by molar-refractivity contribution is -0.685. The summed E-state index contributed by atoms with van der Waals surface area (Å²) < 4.78 is 34.7. The van der Waals surface area contributed by atoms with Crippen LogP contribution >= 0.6 is 11.3 Å². The van der Waals surface area contributed by atoms with Crippen molar-refractivity contribution in [3.63, 3.8) is 0 Å². The van der Waals surface area contributed by atoms with Crippen LogP contribution in [0.4, 0.5) is 13.2 Å². The fourth-order valence-corrected chi connectivity index (χ4v) is 2.36. The minimum absolute atomic E-state index is 0.0502. The smallest absolute Gasteiger partial charge is 0.430 e. The van der Waals surface area contributed by atoms with Crippen LogP contribution in [0.25, 0.3) is 15.5 Å². The van der Waals surface area contributed by atoms with Crippen LogP contribution in [-0.4, -0.2) is 43.0 Å². The highest BCUT2D eigenvalue weighted by molar-refractivity contribution is 7.19. The van der Waals surface area contributed by atoms with Gasteiger partial charge in [-0.3, -0.25) is 0 Å². The number of fused-ring (bicyclic) bond motifs is 1. The number of aliphatic carboxylic acids is 2. The summed E-state index contributed by atoms with van der Waals surface area (Å²) in [6.07, 6.45) is -0.222. The van der Waals surface area contributed by atoms with Crippen LogP contribution < -0.4 is 9.67 Å². The van der Waals surface area contributed by atoms with Crippen molar-refractivity contribution in [2.24, 2.45) is 0 Å². The van der Waals surface area contributed by atoms with Crippen LogP contribution in [0.5, 0.6) is 0 Å². The van der Waals surface area contributed by atoms with Gasteiger partial charge in [-0.2, -0.15) is 27.4 Å². The van der Waals surface area contributed by atoms with E-state index in [4.69, 9.17) is 15.0 Å². The Kier molecular flexibility index (Phi) is 5.26. The number of pyridine rings is 1. The lowest BCUT2D eigenvalue weighted by atomic mass is 10.3. The molecule has 13 heteroatoms. The molecule has 0 fully saturated rings. The third-order valence-corrected chi connectivity index (χ3v) is 3.54. The lowest BCUT2D eigenvalue weighted by Gasteiger charge is -2.03. The maximum atomic E-state index is 10.6. The molecule has 0 radical (unpaired) electrons. The van der Waals surface area contributed by atoms with E-state index in [-0.39, 0.29) is 6.54 Å². The van der Waals surface area contributed by atoms with Crippen LogP contribution in [0.1, 0.15) is 0 Å². The summed E-state index contributed by atoms with van der Waals surface area (Å²) in [5, 5.41) is 30.2. The van der Waals surface area contributed by atoms with Gasteiger partial charge in [-0.25, -0.2) is 4.79 Å². The maximum Gasteiger partial charge on any atom is 0.430 e. The zero-order chi connectivity index (χ0) is 18.6. The number of rotatable bonds is 3. The normalized spacial score (nSPS) is 11.0. The van der Waals surface area contributed by atoms with Crippen LogP contribution in [0.15, 0.2) is 30.9 Å². The number of alkyl halides is 3. The van der Waals surface area contributed by atoms with E-state index in [9.17, 15) is 18.0 Å². The molecule has 0 aliphatic rings. The van der Waals surface area contributed by atoms with Gasteiger partial charge in [0.2, 0.25) is 11.5 Å². The van der Waals surface area contributed by atoms with Crippen molar-refractivity contribution in [3.8, 4) is 10.6 Å². The molecule has 0 aromatic carbocycles. The predicted octanol–water partition coefficient (Wildman–Crippen LogP) is -0.477. The van der Waals surface area contributed by atoms with Crippen molar-refractivity contribution in [2.75, 3.05) is 0 Å². The third kappa shape index (κ3) is 4.94. The molecule has 3 rings (SSSR count). The first-order chi connectivity index (χ1) is 11.7. The van der Waals surface area contributed by atoms with Crippen molar-refractivity contribution < 1.29 is 37.5 Å². The number of carbonyl (C=O) groups is 2. The van der Waals surface area contributed by atoms with E-state index in [0.29, 0.717) is 0 Å². The number of hydrogen-bond donors (Lipinski definition) is 1. The molecule has 0 amide bonds. The summed E-state index contributed by atoms with van der Waals surface area (Å²) in [4.78, 5) is 20.1. The van der Waals surface area contributed by atoms with E-state index >= 15 is 0 Å². The predicted molar refractivity (Wildman–Crippen MR) is 73.0 cm³/mol. The summed E-state index contributed by atoms with van der Waals surface area (Å²) >= 11 is 1.43. The topological polar surface area (TPSA) is 124 Å². The first-order valence-electron chi connectivity index (χ1n) is 6.33. The Hall–Kier alpha value is -3.09. The Morgan fingerprint density at radius 2 is 1.92 bits per heavy atom. The number of carbonyl (C=O) groups excluding carboxylic acids is 1. The summed E-state index contributed by atoms with van der Waals surface area (Å²) in [6, 6.07) is 3.66. The Balaban J connectivity index is 0.000000277. The molecule has 9 nitrogen and oxygen atoms in total. The first kappa shape index (κ1) is 18.3. The van der Waals surface area contributed by atoms with E-state index in [1.54, 1.807) is 27.8 Å². The van der Waals surface area contributed by atoms with Crippen molar-refractivity contribution >= 4 is 28.2 Å². The standard InChI is InChI=1S/C10H7N5O2S.C2HF3O2/c16-8(17)5-14-3-1-7(2-4-14)9-13-15-6-11-12-10(15)18-9;3-2(4,5)1(6)7/h1-4,6H,5H2;(H,6,7). The van der Waals surface area contributed by atoms with Crippen molar-refractivity contribution in [1.29, 1.82) is 0 Å². The van der Waals surface area contributed by atoms with Gasteiger partial charge in [0.05, 0.1) is 0 Å². The second-order valence-corrected chi connectivity index (χ2v) is 5.36. The minimum Gasteiger partial charge on any atom is -0.542 e. The Bertz CT molecular complexity index is 862. The van der Waals surface area contributed by atoms with Gasteiger partial charge in [0.25, 0.3) is 0 Å². The molecule has 3 aromatic heterocycles. The first-order valence-corrected chi connectivity index (χ1v) is 7.15. The molecule has 3 aromatic rings. The molecular weight excluding hydrogens is 367 g/mol. The van der Waals surface area contributed by atoms with Crippen LogP contribution in [0.3, 0.4) is 0 Å². The minimum atomic E-state index is -5.19. The van der Waals surface area contributed by atoms with Crippen LogP contribution in [0, 0.1) is 0 Å². The monoisotopic (exact) mass is 375 g/mol. The largest absolute Gasteiger partial charge is 0.542 e. The van der Waals surface area contributed by atoms with E-state index < -0.39 is 18.1 Å². The highest BCUT2D eigenvalue weighted by Crippen LogP contribution is 2.23. The number of aromatic nitrogens is 5. The van der Waals surface area contributed by atoms with Gasteiger partial charge in [0.15, 0.2) is 12.4 Å². The van der Waals surface area contributed by atoms with E-state index in [2.05, 4.69) is 15.3 Å². The summed E-state index contributed by atoms with van der Waals surface area (Å²) in [5.74, 6) is -3.88. The fraction of sp³-hybridized carbons (Fsp3) is 0.167. The molecule has 25 heavy (non-hydrogen) atoms.